The van der Waals surface area contributed by atoms with E-state index in [4.69, 9.17) is 4.74 Å². The summed E-state index contributed by atoms with van der Waals surface area (Å²) < 4.78 is 5.31. The molecule has 1 saturated heterocycles. The quantitative estimate of drug-likeness (QED) is 0.859. The van der Waals surface area contributed by atoms with Crippen molar-refractivity contribution in [2.24, 2.45) is 0 Å². The molecule has 0 aliphatic carbocycles. The van der Waals surface area contributed by atoms with Gasteiger partial charge >= 0.3 is 6.09 Å². The highest BCUT2D eigenvalue weighted by molar-refractivity contribution is 8.14. The fraction of sp³-hybridized carbons (Fsp3) is 0.467. The molecule has 2 rings (SSSR count). The molecule has 0 bridgehead atoms. The zero-order valence-electron chi connectivity index (χ0n) is 11.6. The number of carbonyl (C=O) groups excluding carboxylic acids is 2. The van der Waals surface area contributed by atoms with Gasteiger partial charge in [0.25, 0.3) is 0 Å². The molecule has 0 N–H and O–H groups in total. The van der Waals surface area contributed by atoms with E-state index in [2.05, 4.69) is 0 Å². The van der Waals surface area contributed by atoms with E-state index >= 15 is 0 Å². The Balaban J connectivity index is 1.81. The largest absolute Gasteiger partial charge is 0.445 e. The van der Waals surface area contributed by atoms with E-state index in [1.807, 2.05) is 30.3 Å². The molecule has 1 amide bonds. The second-order valence-corrected chi connectivity index (χ2v) is 6.34. The van der Waals surface area contributed by atoms with Crippen molar-refractivity contribution in [2.75, 3.05) is 13.1 Å². The number of nitrogens with zero attached hydrogens (tertiary/aromatic N) is 1. The zero-order valence-corrected chi connectivity index (χ0v) is 12.4. The van der Waals surface area contributed by atoms with E-state index < -0.39 is 0 Å². The van der Waals surface area contributed by atoms with E-state index in [0.29, 0.717) is 19.7 Å². The van der Waals surface area contributed by atoms with Gasteiger partial charge in [0.2, 0.25) is 0 Å². The molecular formula is C15H19NO3S. The summed E-state index contributed by atoms with van der Waals surface area (Å²) >= 11 is 1.32. The standard InChI is InChI=1S/C15H19NO3S/c1-12(17)20-14-8-5-9-16(10-14)15(18)19-11-13-6-3-2-4-7-13/h2-4,6-7,14H,5,8-11H2,1H3. The Labute approximate surface area is 123 Å². The molecule has 0 saturated carbocycles. The van der Waals surface area contributed by atoms with E-state index in [0.717, 1.165) is 18.4 Å². The number of amides is 1. The van der Waals surface area contributed by atoms with Crippen LogP contribution < -0.4 is 0 Å². The normalized spacial score (nSPS) is 18.6. The van der Waals surface area contributed by atoms with E-state index in [1.54, 1.807) is 11.8 Å². The van der Waals surface area contributed by atoms with Gasteiger partial charge in [-0.05, 0) is 18.4 Å². The first-order chi connectivity index (χ1) is 9.65. The molecule has 5 heteroatoms. The highest BCUT2D eigenvalue weighted by Crippen LogP contribution is 2.23. The average molecular weight is 293 g/mol. The van der Waals surface area contributed by atoms with Gasteiger partial charge in [-0.3, -0.25) is 4.79 Å². The van der Waals surface area contributed by atoms with Gasteiger partial charge < -0.3 is 9.64 Å². The molecular weight excluding hydrogens is 274 g/mol. The summed E-state index contributed by atoms with van der Waals surface area (Å²) in [4.78, 5) is 24.8. The Hall–Kier alpha value is -1.49. The van der Waals surface area contributed by atoms with Crippen molar-refractivity contribution in [3.8, 4) is 0 Å². The summed E-state index contributed by atoms with van der Waals surface area (Å²) in [6.45, 7) is 3.17. The van der Waals surface area contributed by atoms with Crippen molar-refractivity contribution in [1.82, 2.24) is 4.90 Å². The van der Waals surface area contributed by atoms with Gasteiger partial charge in [0.15, 0.2) is 5.12 Å². The first kappa shape index (κ1) is 14.9. The summed E-state index contributed by atoms with van der Waals surface area (Å²) in [5, 5.41) is 0.306. The van der Waals surface area contributed by atoms with Crippen LogP contribution in [0.1, 0.15) is 25.3 Å². The number of ether oxygens (including phenoxy) is 1. The molecule has 0 aromatic heterocycles. The fourth-order valence-corrected chi connectivity index (χ4v) is 3.25. The van der Waals surface area contributed by atoms with Crippen molar-refractivity contribution >= 4 is 23.0 Å². The summed E-state index contributed by atoms with van der Waals surface area (Å²) in [6, 6.07) is 9.63. The second kappa shape index (κ2) is 7.33. The summed E-state index contributed by atoms with van der Waals surface area (Å²) in [5.74, 6) is 0. The summed E-state index contributed by atoms with van der Waals surface area (Å²) in [5.41, 5.74) is 0.979. The third-order valence-electron chi connectivity index (χ3n) is 3.17. The number of piperidine rings is 1. The van der Waals surface area contributed by atoms with Crippen LogP contribution in [0.25, 0.3) is 0 Å². The minimum Gasteiger partial charge on any atom is -0.445 e. The molecule has 1 heterocycles. The van der Waals surface area contributed by atoms with Crippen LogP contribution in [0.2, 0.25) is 0 Å². The van der Waals surface area contributed by atoms with Crippen LogP contribution in [-0.4, -0.2) is 34.4 Å². The highest BCUT2D eigenvalue weighted by atomic mass is 32.2. The predicted octanol–water partition coefficient (Wildman–Crippen LogP) is 3.07. The topological polar surface area (TPSA) is 46.6 Å². The van der Waals surface area contributed by atoms with Crippen molar-refractivity contribution in [1.29, 1.82) is 0 Å². The number of benzene rings is 1. The number of thioether (sulfide) groups is 1. The van der Waals surface area contributed by atoms with E-state index in [1.165, 1.54) is 11.8 Å². The molecule has 1 aromatic rings. The molecule has 0 spiro atoms. The minimum atomic E-state index is -0.289. The zero-order chi connectivity index (χ0) is 14.4. The van der Waals surface area contributed by atoms with Gasteiger partial charge in [-0.25, -0.2) is 4.79 Å². The van der Waals surface area contributed by atoms with Crippen LogP contribution >= 0.6 is 11.8 Å². The monoisotopic (exact) mass is 293 g/mol. The second-order valence-electron chi connectivity index (χ2n) is 4.86. The van der Waals surface area contributed by atoms with Gasteiger partial charge in [-0.1, -0.05) is 42.1 Å². The molecule has 20 heavy (non-hydrogen) atoms. The maximum Gasteiger partial charge on any atom is 0.410 e. The molecule has 1 aliphatic rings. The van der Waals surface area contributed by atoms with Crippen LogP contribution in [0.15, 0.2) is 30.3 Å². The van der Waals surface area contributed by atoms with Gasteiger partial charge in [0.1, 0.15) is 6.61 Å². The van der Waals surface area contributed by atoms with Crippen LogP contribution in [0.5, 0.6) is 0 Å². The summed E-state index contributed by atoms with van der Waals surface area (Å²) in [7, 11) is 0. The van der Waals surface area contributed by atoms with Crippen molar-refractivity contribution in [3.05, 3.63) is 35.9 Å². The molecule has 1 aromatic carbocycles. The van der Waals surface area contributed by atoms with Crippen molar-refractivity contribution < 1.29 is 14.3 Å². The van der Waals surface area contributed by atoms with E-state index in [-0.39, 0.29) is 16.5 Å². The first-order valence-corrected chi connectivity index (χ1v) is 7.66. The van der Waals surface area contributed by atoms with Gasteiger partial charge in [-0.2, -0.15) is 0 Å². The van der Waals surface area contributed by atoms with Crippen LogP contribution in [-0.2, 0) is 16.1 Å². The molecule has 108 valence electrons. The maximum atomic E-state index is 12.0. The average Bonchev–Trinajstić information content (AvgIpc) is 2.45. The first-order valence-electron chi connectivity index (χ1n) is 6.78. The Bertz CT molecular complexity index is 463. The lowest BCUT2D eigenvalue weighted by atomic mass is 10.1. The Morgan fingerprint density at radius 2 is 2.10 bits per heavy atom. The molecule has 1 atom stereocenters. The lowest BCUT2D eigenvalue weighted by Gasteiger charge is -2.31. The lowest BCUT2D eigenvalue weighted by Crippen LogP contribution is -2.41. The Morgan fingerprint density at radius 1 is 1.35 bits per heavy atom. The molecule has 4 nitrogen and oxygen atoms in total. The fourth-order valence-electron chi connectivity index (χ4n) is 2.25. The SMILES string of the molecule is CC(=O)SC1CCCN(C(=O)OCc2ccccc2)C1. The van der Waals surface area contributed by atoms with Crippen LogP contribution in [0, 0.1) is 0 Å². The number of rotatable bonds is 3. The number of likely N-dealkylation sites (tertiary alicyclic amines) is 1. The number of carbonyl (C=O) groups is 2. The Kier molecular flexibility index (Phi) is 5.47. The summed E-state index contributed by atoms with van der Waals surface area (Å²) in [6.07, 6.45) is 1.61. The number of hydrogen-bond acceptors (Lipinski definition) is 4. The third kappa shape index (κ3) is 4.56. The molecule has 1 fully saturated rings. The molecule has 1 aliphatic heterocycles. The van der Waals surface area contributed by atoms with Crippen LogP contribution in [0.3, 0.4) is 0 Å². The Morgan fingerprint density at radius 3 is 2.80 bits per heavy atom. The van der Waals surface area contributed by atoms with Gasteiger partial charge in [-0.15, -0.1) is 0 Å². The lowest BCUT2D eigenvalue weighted by molar-refractivity contribution is -0.109. The molecule has 1 unspecified atom stereocenters. The number of hydrogen-bond donors (Lipinski definition) is 0. The van der Waals surface area contributed by atoms with Crippen molar-refractivity contribution in [3.63, 3.8) is 0 Å². The highest BCUT2D eigenvalue weighted by Gasteiger charge is 2.25. The van der Waals surface area contributed by atoms with E-state index in [9.17, 15) is 9.59 Å². The third-order valence-corrected chi connectivity index (χ3v) is 4.22. The van der Waals surface area contributed by atoms with Crippen molar-refractivity contribution in [2.45, 2.75) is 31.6 Å². The van der Waals surface area contributed by atoms with Gasteiger partial charge in [0.05, 0.1) is 0 Å². The minimum absolute atomic E-state index is 0.106. The molecule has 0 radical (unpaired) electrons. The predicted molar refractivity (Wildman–Crippen MR) is 79.5 cm³/mol. The van der Waals surface area contributed by atoms with Crippen LogP contribution in [0.4, 0.5) is 4.79 Å². The smallest absolute Gasteiger partial charge is 0.410 e. The maximum absolute atomic E-state index is 12.0. The van der Waals surface area contributed by atoms with Gasteiger partial charge in [0, 0.05) is 25.3 Å².